The Bertz CT molecular complexity index is 418. The van der Waals surface area contributed by atoms with Crippen LogP contribution >= 0.6 is 11.6 Å². The van der Waals surface area contributed by atoms with Crippen molar-refractivity contribution >= 4 is 17.9 Å². The van der Waals surface area contributed by atoms with E-state index in [4.69, 9.17) is 11.6 Å². The number of halogens is 6. The second kappa shape index (κ2) is 4.32. The van der Waals surface area contributed by atoms with Gasteiger partial charge in [0.1, 0.15) is 0 Å². The van der Waals surface area contributed by atoms with Crippen molar-refractivity contribution < 1.29 is 26.7 Å². The van der Waals surface area contributed by atoms with Crippen LogP contribution in [0.15, 0.2) is 6.20 Å². The van der Waals surface area contributed by atoms with Crippen molar-refractivity contribution in [2.75, 3.05) is 0 Å². The first-order valence-corrected chi connectivity index (χ1v) is 4.15. The van der Waals surface area contributed by atoms with Crippen LogP contribution in [-0.2, 0) is 6.18 Å². The topological polar surface area (TPSA) is 30.0 Å². The smallest absolute Gasteiger partial charge is 0.298 e. The Morgan fingerprint density at radius 3 is 2.31 bits per heavy atom. The molecule has 8 heteroatoms. The zero-order chi connectivity index (χ0) is 12.5. The molecule has 1 rings (SSSR count). The molecule has 0 atom stereocenters. The Hall–Kier alpha value is -1.24. The van der Waals surface area contributed by atoms with Gasteiger partial charge >= 0.3 is 6.18 Å². The molecule has 2 nitrogen and oxygen atoms in total. The molecule has 0 aliphatic heterocycles. The predicted molar refractivity (Wildman–Crippen MR) is 44.6 cm³/mol. The maximum absolute atomic E-state index is 12.3. The molecule has 1 aromatic rings. The average Bonchev–Trinajstić information content (AvgIpc) is 2.14. The fourth-order valence-electron chi connectivity index (χ4n) is 1.01. The monoisotopic (exact) mass is 259 g/mol. The first-order chi connectivity index (χ1) is 7.29. The van der Waals surface area contributed by atoms with Crippen molar-refractivity contribution in [3.8, 4) is 0 Å². The van der Waals surface area contributed by atoms with Crippen molar-refractivity contribution in [1.82, 2.24) is 4.98 Å². The van der Waals surface area contributed by atoms with E-state index < -0.39 is 34.4 Å². The Labute approximate surface area is 91.0 Å². The molecule has 1 aromatic heterocycles. The summed E-state index contributed by atoms with van der Waals surface area (Å²) in [6.45, 7) is 0. The molecule has 0 unspecified atom stereocenters. The number of hydrogen-bond donors (Lipinski definition) is 0. The summed E-state index contributed by atoms with van der Waals surface area (Å²) in [5.41, 5.74) is -3.37. The second-order valence-corrected chi connectivity index (χ2v) is 3.08. The van der Waals surface area contributed by atoms with Crippen molar-refractivity contribution in [2.24, 2.45) is 0 Å². The summed E-state index contributed by atoms with van der Waals surface area (Å²) in [5, 5.41) is -1.11. The van der Waals surface area contributed by atoms with Gasteiger partial charge in [-0.05, 0) is 0 Å². The minimum atomic E-state index is -4.89. The zero-order valence-corrected chi connectivity index (χ0v) is 8.11. The van der Waals surface area contributed by atoms with Crippen LogP contribution in [0.25, 0.3) is 0 Å². The molecule has 16 heavy (non-hydrogen) atoms. The van der Waals surface area contributed by atoms with Gasteiger partial charge < -0.3 is 0 Å². The standard InChI is InChI=1S/C8H3ClF5NO/c9-5-4(2-16)3(7(10)11)1-15-6(5)8(12,13)14/h1-2,7H. The van der Waals surface area contributed by atoms with Crippen LogP contribution in [-0.4, -0.2) is 11.3 Å². The number of rotatable bonds is 2. The van der Waals surface area contributed by atoms with E-state index in [1.807, 2.05) is 0 Å². The SMILES string of the molecule is O=Cc1c(C(F)F)cnc(C(F)(F)F)c1Cl. The first kappa shape index (κ1) is 12.8. The number of aromatic nitrogens is 1. The van der Waals surface area contributed by atoms with Crippen molar-refractivity contribution in [3.05, 3.63) is 28.0 Å². The summed E-state index contributed by atoms with van der Waals surface area (Å²) in [4.78, 5) is 13.2. The van der Waals surface area contributed by atoms with Crippen LogP contribution in [0.3, 0.4) is 0 Å². The molecule has 0 aliphatic carbocycles. The summed E-state index contributed by atoms with van der Waals surface area (Å²) >= 11 is 5.20. The highest BCUT2D eigenvalue weighted by Crippen LogP contribution is 2.36. The first-order valence-electron chi connectivity index (χ1n) is 3.78. The van der Waals surface area contributed by atoms with Crippen LogP contribution in [0.5, 0.6) is 0 Å². The maximum atomic E-state index is 12.3. The molecule has 0 saturated carbocycles. The highest BCUT2D eigenvalue weighted by molar-refractivity contribution is 6.33. The predicted octanol–water partition coefficient (Wildman–Crippen LogP) is 3.50. The van der Waals surface area contributed by atoms with E-state index in [0.29, 0.717) is 6.20 Å². The van der Waals surface area contributed by atoms with Crippen LogP contribution in [0, 0.1) is 0 Å². The Balaban J connectivity index is 3.46. The minimum absolute atomic E-state index is 0.152. The summed E-state index contributed by atoms with van der Waals surface area (Å²) in [5.74, 6) is 0. The molecule has 0 amide bonds. The van der Waals surface area contributed by atoms with Gasteiger partial charge in [0.25, 0.3) is 6.43 Å². The number of alkyl halides is 5. The third kappa shape index (κ3) is 2.29. The summed E-state index contributed by atoms with van der Waals surface area (Å²) in [7, 11) is 0. The number of nitrogens with zero attached hydrogens (tertiary/aromatic N) is 1. The van der Waals surface area contributed by atoms with Gasteiger partial charge in [-0.15, -0.1) is 0 Å². The lowest BCUT2D eigenvalue weighted by atomic mass is 10.1. The zero-order valence-electron chi connectivity index (χ0n) is 7.36. The van der Waals surface area contributed by atoms with Crippen LogP contribution in [0.2, 0.25) is 5.02 Å². The van der Waals surface area contributed by atoms with E-state index in [0.717, 1.165) is 0 Å². The molecule has 88 valence electrons. The van der Waals surface area contributed by atoms with Gasteiger partial charge in [-0.3, -0.25) is 4.79 Å². The molecule has 0 N–H and O–H groups in total. The van der Waals surface area contributed by atoms with E-state index in [1.54, 1.807) is 0 Å². The summed E-state index contributed by atoms with van der Waals surface area (Å²) < 4.78 is 61.3. The van der Waals surface area contributed by atoms with Crippen molar-refractivity contribution in [2.45, 2.75) is 12.6 Å². The Kier molecular flexibility index (Phi) is 3.47. The molecule has 0 radical (unpaired) electrons. The molecular weight excluding hydrogens is 257 g/mol. The van der Waals surface area contributed by atoms with E-state index in [9.17, 15) is 26.7 Å². The average molecular weight is 260 g/mol. The minimum Gasteiger partial charge on any atom is -0.298 e. The lowest BCUT2D eigenvalue weighted by Crippen LogP contribution is -2.11. The summed E-state index contributed by atoms with van der Waals surface area (Å²) in [6, 6.07) is 0. The van der Waals surface area contributed by atoms with Gasteiger partial charge in [-0.2, -0.15) is 13.2 Å². The van der Waals surface area contributed by atoms with E-state index in [1.165, 1.54) is 0 Å². The number of hydrogen-bond acceptors (Lipinski definition) is 2. The van der Waals surface area contributed by atoms with Crippen LogP contribution in [0.4, 0.5) is 22.0 Å². The molecular formula is C8H3ClF5NO. The van der Waals surface area contributed by atoms with Gasteiger partial charge in [0.15, 0.2) is 12.0 Å². The summed E-state index contributed by atoms with van der Waals surface area (Å²) in [6.07, 6.45) is -7.87. The quantitative estimate of drug-likeness (QED) is 0.601. The van der Waals surface area contributed by atoms with E-state index >= 15 is 0 Å². The molecule has 0 aliphatic rings. The van der Waals surface area contributed by atoms with Crippen LogP contribution < -0.4 is 0 Å². The number of aldehydes is 1. The fraction of sp³-hybridized carbons (Fsp3) is 0.250. The fourth-order valence-corrected chi connectivity index (χ4v) is 1.32. The molecule has 0 saturated heterocycles. The third-order valence-electron chi connectivity index (χ3n) is 1.71. The van der Waals surface area contributed by atoms with E-state index in [-0.39, 0.29) is 6.29 Å². The second-order valence-electron chi connectivity index (χ2n) is 2.71. The lowest BCUT2D eigenvalue weighted by molar-refractivity contribution is -0.141. The highest BCUT2D eigenvalue weighted by Gasteiger charge is 2.37. The normalized spacial score (nSPS) is 11.9. The lowest BCUT2D eigenvalue weighted by Gasteiger charge is -2.11. The molecule has 0 bridgehead atoms. The van der Waals surface area contributed by atoms with Gasteiger partial charge in [-0.25, -0.2) is 13.8 Å². The number of carbonyl (C=O) groups is 1. The van der Waals surface area contributed by atoms with Crippen molar-refractivity contribution in [3.63, 3.8) is 0 Å². The maximum Gasteiger partial charge on any atom is 0.434 e. The van der Waals surface area contributed by atoms with Gasteiger partial charge in [0, 0.05) is 17.3 Å². The molecule has 0 spiro atoms. The number of carbonyl (C=O) groups excluding carboxylic acids is 1. The Morgan fingerprint density at radius 2 is 1.94 bits per heavy atom. The molecule has 0 aromatic carbocycles. The number of pyridine rings is 1. The van der Waals surface area contributed by atoms with Crippen LogP contribution in [0.1, 0.15) is 28.0 Å². The van der Waals surface area contributed by atoms with Gasteiger partial charge in [0.2, 0.25) is 0 Å². The van der Waals surface area contributed by atoms with Gasteiger partial charge in [-0.1, -0.05) is 11.6 Å². The highest BCUT2D eigenvalue weighted by atomic mass is 35.5. The molecule has 0 fully saturated rings. The van der Waals surface area contributed by atoms with Crippen molar-refractivity contribution in [1.29, 1.82) is 0 Å². The Morgan fingerprint density at radius 1 is 1.38 bits per heavy atom. The molecule has 1 heterocycles. The largest absolute Gasteiger partial charge is 0.434 e. The van der Waals surface area contributed by atoms with Gasteiger partial charge in [0.05, 0.1) is 5.02 Å². The third-order valence-corrected chi connectivity index (χ3v) is 2.09. The van der Waals surface area contributed by atoms with E-state index in [2.05, 4.69) is 4.98 Å².